The van der Waals surface area contributed by atoms with Crippen molar-refractivity contribution in [3.05, 3.63) is 67.3 Å². The van der Waals surface area contributed by atoms with Gasteiger partial charge in [-0.25, -0.2) is 8.42 Å². The fraction of sp³-hybridized carbons (Fsp3) is 0.409. The average molecular weight is 546 g/mol. The van der Waals surface area contributed by atoms with Gasteiger partial charge in [-0.2, -0.15) is 0 Å². The highest BCUT2D eigenvalue weighted by Crippen LogP contribution is 2.27. The zero-order valence-corrected chi connectivity index (χ0v) is 21.3. The molecule has 13 heteroatoms. The Balaban J connectivity index is 0.00000432. The topological polar surface area (TPSA) is 152 Å². The number of hydrogen-bond acceptors (Lipinski definition) is 9. The molecule has 3 rings (SSSR count). The Morgan fingerprint density at radius 1 is 1.06 bits per heavy atom. The van der Waals surface area contributed by atoms with Crippen LogP contribution in [0.4, 0.5) is 5.69 Å². The molecule has 1 heterocycles. The molecule has 0 saturated heterocycles. The van der Waals surface area contributed by atoms with E-state index in [-0.39, 0.29) is 46.8 Å². The summed E-state index contributed by atoms with van der Waals surface area (Å²) in [6, 6.07) is 9.53. The summed E-state index contributed by atoms with van der Waals surface area (Å²) in [7, 11) is -3.22. The SMILES string of the molecule is Cl.O=c1[nH]c2c(O)ccc(CCNCCCS(=O)(=O)CCOCCc3ccc([N+](=O)[O-])cc3)c2s1. The van der Waals surface area contributed by atoms with Crippen LogP contribution in [0.1, 0.15) is 17.5 Å². The number of nitrogens with one attached hydrogen (secondary N) is 2. The Hall–Kier alpha value is -2.51. The highest BCUT2D eigenvalue weighted by atomic mass is 35.5. The van der Waals surface area contributed by atoms with E-state index in [1.165, 1.54) is 12.1 Å². The minimum absolute atomic E-state index is 0. The number of aromatic hydroxyl groups is 1. The van der Waals surface area contributed by atoms with Crippen LogP contribution in [0, 0.1) is 10.1 Å². The van der Waals surface area contributed by atoms with Gasteiger partial charge < -0.3 is 20.1 Å². The first kappa shape index (κ1) is 28.7. The highest BCUT2D eigenvalue weighted by molar-refractivity contribution is 7.91. The van der Waals surface area contributed by atoms with Crippen molar-refractivity contribution in [1.29, 1.82) is 0 Å². The molecule has 0 atom stereocenters. The van der Waals surface area contributed by atoms with Crippen molar-refractivity contribution in [2.75, 3.05) is 37.8 Å². The molecule has 0 radical (unpaired) electrons. The molecule has 35 heavy (non-hydrogen) atoms. The number of non-ortho nitro benzene ring substituents is 1. The lowest BCUT2D eigenvalue weighted by molar-refractivity contribution is -0.384. The number of ether oxygens (including phenoxy) is 1. The fourth-order valence-electron chi connectivity index (χ4n) is 3.40. The highest BCUT2D eigenvalue weighted by Gasteiger charge is 2.12. The van der Waals surface area contributed by atoms with Crippen LogP contribution in [0.3, 0.4) is 0 Å². The lowest BCUT2D eigenvalue weighted by atomic mass is 10.1. The van der Waals surface area contributed by atoms with Gasteiger partial charge in [-0.15, -0.1) is 12.4 Å². The summed E-state index contributed by atoms with van der Waals surface area (Å²) in [6.45, 7) is 1.62. The molecule has 0 unspecified atom stereocenters. The van der Waals surface area contributed by atoms with Crippen LogP contribution in [0.2, 0.25) is 0 Å². The van der Waals surface area contributed by atoms with Crippen LogP contribution in [0.5, 0.6) is 5.75 Å². The van der Waals surface area contributed by atoms with Gasteiger partial charge in [-0.3, -0.25) is 14.9 Å². The number of phenolic OH excluding ortho intramolecular Hbond substituents is 1. The molecular weight excluding hydrogens is 518 g/mol. The van der Waals surface area contributed by atoms with E-state index in [2.05, 4.69) is 10.3 Å². The maximum atomic E-state index is 12.2. The smallest absolute Gasteiger partial charge is 0.305 e. The van der Waals surface area contributed by atoms with Crippen LogP contribution < -0.4 is 10.2 Å². The van der Waals surface area contributed by atoms with E-state index in [0.29, 0.717) is 44.5 Å². The summed E-state index contributed by atoms with van der Waals surface area (Å²) < 4.78 is 30.5. The number of nitrogens with zero attached hydrogens (tertiary/aromatic N) is 1. The summed E-state index contributed by atoms with van der Waals surface area (Å²) in [5, 5.41) is 23.7. The molecule has 192 valence electrons. The predicted molar refractivity (Wildman–Crippen MR) is 139 cm³/mol. The molecular formula is C22H28ClN3O7S2. The van der Waals surface area contributed by atoms with Gasteiger partial charge in [-0.05, 0) is 49.5 Å². The molecule has 0 spiro atoms. The van der Waals surface area contributed by atoms with E-state index >= 15 is 0 Å². The zero-order valence-electron chi connectivity index (χ0n) is 18.9. The monoisotopic (exact) mass is 545 g/mol. The number of H-pyrrole nitrogens is 1. The number of benzene rings is 2. The van der Waals surface area contributed by atoms with Crippen molar-refractivity contribution >= 4 is 49.5 Å². The molecule has 1 aromatic heterocycles. The number of aromatic amines is 1. The summed E-state index contributed by atoms with van der Waals surface area (Å²) in [5.74, 6) is 0.0605. The van der Waals surface area contributed by atoms with E-state index in [1.807, 2.05) is 0 Å². The number of aromatic nitrogens is 1. The Kier molecular flexibility index (Phi) is 11.1. The molecule has 0 fully saturated rings. The van der Waals surface area contributed by atoms with Crippen molar-refractivity contribution in [3.8, 4) is 5.75 Å². The van der Waals surface area contributed by atoms with Gasteiger partial charge in [0.05, 0.1) is 34.3 Å². The maximum Gasteiger partial charge on any atom is 0.305 e. The second-order valence-corrected chi connectivity index (χ2v) is 11.0. The van der Waals surface area contributed by atoms with Crippen LogP contribution in [-0.4, -0.2) is 61.2 Å². The first-order chi connectivity index (χ1) is 16.2. The summed E-state index contributed by atoms with van der Waals surface area (Å²) in [5.41, 5.74) is 2.32. The average Bonchev–Trinajstić information content (AvgIpc) is 3.20. The number of nitro groups is 1. The molecule has 0 amide bonds. The van der Waals surface area contributed by atoms with E-state index in [9.17, 15) is 28.4 Å². The summed E-state index contributed by atoms with van der Waals surface area (Å²) in [6.07, 6.45) is 1.68. The number of thiazole rings is 1. The third kappa shape index (κ3) is 8.89. The predicted octanol–water partition coefficient (Wildman–Crippen LogP) is 2.82. The Bertz CT molecular complexity index is 1270. The van der Waals surface area contributed by atoms with E-state index in [0.717, 1.165) is 27.2 Å². The third-order valence-electron chi connectivity index (χ3n) is 5.24. The standard InChI is InChI=1S/C22H27N3O7S2.ClH/c26-19-7-4-17(21-20(19)24-22(27)33-21)8-11-23-10-1-14-34(30,31)15-13-32-12-9-16-2-5-18(6-3-16)25(28)29;/h2-7,23,26H,1,8-15H2,(H,24,27);1H. The molecule has 0 aliphatic rings. The number of nitro benzene ring substituents is 1. The van der Waals surface area contributed by atoms with Gasteiger partial charge in [0.2, 0.25) is 0 Å². The number of rotatable bonds is 14. The second kappa shape index (κ2) is 13.5. The number of halogens is 1. The number of sulfone groups is 1. The molecule has 2 aromatic carbocycles. The lowest BCUT2D eigenvalue weighted by Gasteiger charge is -2.08. The van der Waals surface area contributed by atoms with E-state index in [1.54, 1.807) is 24.3 Å². The Morgan fingerprint density at radius 3 is 2.51 bits per heavy atom. The van der Waals surface area contributed by atoms with Gasteiger partial charge in [0, 0.05) is 12.1 Å². The van der Waals surface area contributed by atoms with Crippen LogP contribution >= 0.6 is 23.7 Å². The third-order valence-corrected chi connectivity index (χ3v) is 7.90. The van der Waals surface area contributed by atoms with Gasteiger partial charge >= 0.3 is 4.87 Å². The summed E-state index contributed by atoms with van der Waals surface area (Å²) >= 11 is 1.06. The minimum atomic E-state index is -3.22. The lowest BCUT2D eigenvalue weighted by Crippen LogP contribution is -2.23. The van der Waals surface area contributed by atoms with Gasteiger partial charge in [0.25, 0.3) is 5.69 Å². The van der Waals surface area contributed by atoms with E-state index < -0.39 is 14.8 Å². The van der Waals surface area contributed by atoms with Crippen molar-refractivity contribution in [2.45, 2.75) is 19.3 Å². The number of phenols is 1. The first-order valence-electron chi connectivity index (χ1n) is 10.8. The molecule has 10 nitrogen and oxygen atoms in total. The molecule has 3 aromatic rings. The molecule has 0 aliphatic carbocycles. The molecule has 0 aliphatic heterocycles. The van der Waals surface area contributed by atoms with Crippen LogP contribution in [0.15, 0.2) is 41.2 Å². The maximum absolute atomic E-state index is 12.2. The second-order valence-electron chi connectivity index (χ2n) is 7.75. The van der Waals surface area contributed by atoms with Crippen molar-refractivity contribution in [2.24, 2.45) is 0 Å². The van der Waals surface area contributed by atoms with Gasteiger partial charge in [0.15, 0.2) is 9.84 Å². The quantitative estimate of drug-likeness (QED) is 0.159. The normalized spacial score (nSPS) is 11.4. The zero-order chi connectivity index (χ0) is 24.6. The van der Waals surface area contributed by atoms with Crippen molar-refractivity contribution in [1.82, 2.24) is 10.3 Å². The first-order valence-corrected chi connectivity index (χ1v) is 13.4. The summed E-state index contributed by atoms with van der Waals surface area (Å²) in [4.78, 5) is 24.2. The van der Waals surface area contributed by atoms with Gasteiger partial charge in [0.1, 0.15) is 11.3 Å². The van der Waals surface area contributed by atoms with Crippen molar-refractivity contribution < 1.29 is 23.2 Å². The van der Waals surface area contributed by atoms with Crippen molar-refractivity contribution in [3.63, 3.8) is 0 Å². The van der Waals surface area contributed by atoms with Gasteiger partial charge in [-0.1, -0.05) is 29.5 Å². The Morgan fingerprint density at radius 2 is 1.80 bits per heavy atom. The molecule has 0 bridgehead atoms. The number of fused-ring (bicyclic) bond motifs is 1. The fourth-order valence-corrected chi connectivity index (χ4v) is 5.46. The largest absolute Gasteiger partial charge is 0.506 e. The Labute approximate surface area is 212 Å². The van der Waals surface area contributed by atoms with Crippen LogP contribution in [-0.2, 0) is 27.4 Å². The number of hydrogen-bond donors (Lipinski definition) is 3. The van der Waals surface area contributed by atoms with E-state index in [4.69, 9.17) is 4.74 Å². The molecule has 3 N–H and O–H groups in total. The van der Waals surface area contributed by atoms with Crippen LogP contribution in [0.25, 0.3) is 10.2 Å². The molecule has 0 saturated carbocycles. The minimum Gasteiger partial charge on any atom is -0.506 e.